The number of carbonyl (C=O) groups is 2. The second-order valence-electron chi connectivity index (χ2n) is 5.95. The Labute approximate surface area is 160 Å². The molecule has 0 saturated heterocycles. The molecule has 0 saturated carbocycles. The van der Waals surface area contributed by atoms with E-state index in [2.05, 4.69) is 26.6 Å². The predicted molar refractivity (Wildman–Crippen MR) is 104 cm³/mol. The Bertz CT molecular complexity index is 847. The van der Waals surface area contributed by atoms with Crippen LogP contribution in [0.2, 0.25) is 0 Å². The van der Waals surface area contributed by atoms with E-state index < -0.39 is 6.04 Å². The van der Waals surface area contributed by atoms with Gasteiger partial charge in [-0.3, -0.25) is 9.59 Å². The van der Waals surface area contributed by atoms with Crippen LogP contribution in [0.3, 0.4) is 0 Å². The molecule has 0 heterocycles. The summed E-state index contributed by atoms with van der Waals surface area (Å²) >= 11 is 3.38. The first-order chi connectivity index (χ1) is 12.4. The van der Waals surface area contributed by atoms with Gasteiger partial charge in [0.15, 0.2) is 12.6 Å². The summed E-state index contributed by atoms with van der Waals surface area (Å²) in [4.78, 5) is 25.4. The van der Waals surface area contributed by atoms with Crippen LogP contribution in [0, 0.1) is 11.3 Å². The number of carbonyl (C=O) groups excluding carboxylic acids is 2. The van der Waals surface area contributed by atoms with Gasteiger partial charge in [0.1, 0.15) is 0 Å². The monoisotopic (exact) mass is 415 g/mol. The van der Waals surface area contributed by atoms with Crippen LogP contribution in [0.1, 0.15) is 12.5 Å². The molecule has 3 N–H and O–H groups in total. The fourth-order valence-electron chi connectivity index (χ4n) is 2.30. The van der Waals surface area contributed by atoms with Crippen molar-refractivity contribution < 1.29 is 14.5 Å². The number of amides is 2. The average Bonchev–Trinajstić information content (AvgIpc) is 2.63. The maximum Gasteiger partial charge on any atom is 0.282 e. The second-order valence-corrected chi connectivity index (χ2v) is 6.81. The third-order valence-corrected chi connectivity index (χ3v) is 4.67. The maximum atomic E-state index is 12.4. The molecular formula is C19H20BrN4O2+. The lowest BCUT2D eigenvalue weighted by Gasteiger charge is -2.20. The summed E-state index contributed by atoms with van der Waals surface area (Å²) in [6.45, 7) is 1.90. The lowest BCUT2D eigenvalue weighted by molar-refractivity contribution is -0.885. The number of benzene rings is 2. The molecular weight excluding hydrogens is 396 g/mol. The Hall–Kier alpha value is -2.69. The first kappa shape index (κ1) is 19.6. The molecule has 0 aliphatic rings. The second kappa shape index (κ2) is 9.13. The molecule has 0 aliphatic carbocycles. The molecule has 26 heavy (non-hydrogen) atoms. The number of hydrogen-bond acceptors (Lipinski definition) is 3. The van der Waals surface area contributed by atoms with E-state index in [0.717, 1.165) is 9.37 Å². The van der Waals surface area contributed by atoms with Crippen molar-refractivity contribution in [2.75, 3.05) is 24.2 Å². The summed E-state index contributed by atoms with van der Waals surface area (Å²) in [6, 6.07) is 15.7. The first-order valence-electron chi connectivity index (χ1n) is 8.08. The normalized spacial score (nSPS) is 12.5. The number of halogens is 1. The number of nitriles is 1. The third kappa shape index (κ3) is 5.41. The zero-order valence-electron chi connectivity index (χ0n) is 14.5. The fraction of sp³-hybridized carbons (Fsp3) is 0.211. The van der Waals surface area contributed by atoms with Crippen molar-refractivity contribution >= 4 is 39.1 Å². The highest BCUT2D eigenvalue weighted by atomic mass is 79.9. The highest BCUT2D eigenvalue weighted by molar-refractivity contribution is 9.10. The van der Waals surface area contributed by atoms with Crippen molar-refractivity contribution in [3.8, 4) is 6.07 Å². The molecule has 0 bridgehead atoms. The van der Waals surface area contributed by atoms with Crippen LogP contribution in [0.4, 0.5) is 11.4 Å². The Morgan fingerprint density at radius 1 is 1.19 bits per heavy atom. The van der Waals surface area contributed by atoms with Crippen LogP contribution in [0.15, 0.2) is 53.0 Å². The Morgan fingerprint density at radius 3 is 2.62 bits per heavy atom. The topological polar surface area (TPSA) is 86.4 Å². The predicted octanol–water partition coefficient (Wildman–Crippen LogP) is 1.80. The summed E-state index contributed by atoms with van der Waals surface area (Å²) in [5, 5.41) is 14.5. The van der Waals surface area contributed by atoms with E-state index in [1.807, 2.05) is 24.3 Å². The van der Waals surface area contributed by atoms with E-state index in [-0.39, 0.29) is 18.4 Å². The molecule has 1 unspecified atom stereocenters. The van der Waals surface area contributed by atoms with Crippen LogP contribution in [-0.2, 0) is 9.59 Å². The molecule has 134 valence electrons. The molecule has 2 aromatic rings. The molecule has 0 spiro atoms. The first-order valence-corrected chi connectivity index (χ1v) is 8.87. The molecule has 0 aliphatic heterocycles. The third-order valence-electron chi connectivity index (χ3n) is 3.98. The number of anilines is 2. The number of likely N-dealkylation sites (N-methyl/N-ethyl adjacent to an activating group) is 1. The summed E-state index contributed by atoms with van der Waals surface area (Å²) in [5.74, 6) is -0.396. The van der Waals surface area contributed by atoms with Crippen LogP contribution in [-0.4, -0.2) is 31.4 Å². The van der Waals surface area contributed by atoms with Gasteiger partial charge in [0.2, 0.25) is 0 Å². The summed E-state index contributed by atoms with van der Waals surface area (Å²) < 4.78 is 0.800. The van der Waals surface area contributed by atoms with Crippen molar-refractivity contribution in [3.05, 3.63) is 58.6 Å². The maximum absolute atomic E-state index is 12.4. The van der Waals surface area contributed by atoms with Crippen molar-refractivity contribution in [2.24, 2.45) is 0 Å². The number of hydrogen-bond donors (Lipinski definition) is 3. The Morgan fingerprint density at radius 2 is 1.92 bits per heavy atom. The Kier molecular flexibility index (Phi) is 6.89. The average molecular weight is 416 g/mol. The lowest BCUT2D eigenvalue weighted by Crippen LogP contribution is -3.14. The number of nitrogens with zero attached hydrogens (tertiary/aromatic N) is 1. The minimum atomic E-state index is -0.439. The van der Waals surface area contributed by atoms with Gasteiger partial charge in [0.05, 0.1) is 24.4 Å². The van der Waals surface area contributed by atoms with Gasteiger partial charge in [-0.25, -0.2) is 0 Å². The number of para-hydroxylation sites is 1. The molecule has 0 aromatic heterocycles. The van der Waals surface area contributed by atoms with E-state index in [9.17, 15) is 9.59 Å². The van der Waals surface area contributed by atoms with Crippen molar-refractivity contribution in [1.29, 1.82) is 5.26 Å². The molecule has 2 atom stereocenters. The minimum absolute atomic E-state index is 0.147. The SMILES string of the molecule is C[C@H](C(=O)Nc1cccc(C#N)c1)[NH+](C)CC(=O)Nc1ccccc1Br. The van der Waals surface area contributed by atoms with Gasteiger partial charge >= 0.3 is 0 Å². The van der Waals surface area contributed by atoms with Gasteiger partial charge in [-0.05, 0) is 53.2 Å². The van der Waals surface area contributed by atoms with Crippen LogP contribution < -0.4 is 15.5 Å². The zero-order valence-corrected chi connectivity index (χ0v) is 16.1. The summed E-state index contributed by atoms with van der Waals surface area (Å²) in [5.41, 5.74) is 1.73. The molecule has 2 rings (SSSR count). The smallest absolute Gasteiger partial charge is 0.282 e. The van der Waals surface area contributed by atoms with Crippen LogP contribution in [0.25, 0.3) is 0 Å². The van der Waals surface area contributed by atoms with Gasteiger partial charge < -0.3 is 15.5 Å². The van der Waals surface area contributed by atoms with E-state index in [1.54, 1.807) is 44.3 Å². The molecule has 0 fully saturated rings. The molecule has 2 aromatic carbocycles. The molecule has 0 radical (unpaired) electrons. The quantitative estimate of drug-likeness (QED) is 0.672. The van der Waals surface area contributed by atoms with Gasteiger partial charge in [0, 0.05) is 10.2 Å². The lowest BCUT2D eigenvalue weighted by atomic mass is 10.2. The highest BCUT2D eigenvalue weighted by Crippen LogP contribution is 2.20. The van der Waals surface area contributed by atoms with Crippen molar-refractivity contribution in [3.63, 3.8) is 0 Å². The zero-order chi connectivity index (χ0) is 19.1. The van der Waals surface area contributed by atoms with Gasteiger partial charge in [-0.15, -0.1) is 0 Å². The molecule has 7 heteroatoms. The van der Waals surface area contributed by atoms with E-state index in [0.29, 0.717) is 16.9 Å². The number of nitrogens with one attached hydrogen (secondary N) is 3. The molecule has 6 nitrogen and oxygen atoms in total. The van der Waals surface area contributed by atoms with E-state index >= 15 is 0 Å². The van der Waals surface area contributed by atoms with Gasteiger partial charge in [-0.1, -0.05) is 18.2 Å². The highest BCUT2D eigenvalue weighted by Gasteiger charge is 2.24. The standard InChI is InChI=1S/C19H19BrN4O2/c1-13(19(26)22-15-7-5-6-14(10-15)11-21)24(2)12-18(25)23-17-9-4-3-8-16(17)20/h3-10,13H,12H2,1-2H3,(H,22,26)(H,23,25)/p+1/t13-/m1/s1. The van der Waals surface area contributed by atoms with Crippen molar-refractivity contribution in [1.82, 2.24) is 0 Å². The molecule has 2 amide bonds. The van der Waals surface area contributed by atoms with Gasteiger partial charge in [-0.2, -0.15) is 5.26 Å². The van der Waals surface area contributed by atoms with E-state index in [1.165, 1.54) is 0 Å². The fourth-order valence-corrected chi connectivity index (χ4v) is 2.69. The van der Waals surface area contributed by atoms with Crippen LogP contribution in [0.5, 0.6) is 0 Å². The van der Waals surface area contributed by atoms with Crippen molar-refractivity contribution in [2.45, 2.75) is 13.0 Å². The summed E-state index contributed by atoms with van der Waals surface area (Å²) in [7, 11) is 1.79. The minimum Gasteiger partial charge on any atom is -0.321 e. The number of rotatable bonds is 6. The van der Waals surface area contributed by atoms with Crippen LogP contribution >= 0.6 is 15.9 Å². The Balaban J connectivity index is 1.92. The van der Waals surface area contributed by atoms with Gasteiger partial charge in [0.25, 0.3) is 11.8 Å². The number of quaternary nitrogens is 1. The van der Waals surface area contributed by atoms with E-state index in [4.69, 9.17) is 5.26 Å². The largest absolute Gasteiger partial charge is 0.321 e. The summed E-state index contributed by atoms with van der Waals surface area (Å²) in [6.07, 6.45) is 0.